The minimum atomic E-state index is -0.420. The fourth-order valence-corrected chi connectivity index (χ4v) is 3.24. The van der Waals surface area contributed by atoms with E-state index in [1.54, 1.807) is 41.3 Å². The van der Waals surface area contributed by atoms with Gasteiger partial charge in [-0.2, -0.15) is 6.07 Å². The van der Waals surface area contributed by atoms with E-state index in [1.165, 1.54) is 12.5 Å². The molecule has 0 N–H and O–H groups in total. The molecule has 0 atom stereocenters. The van der Waals surface area contributed by atoms with Crippen molar-refractivity contribution in [3.05, 3.63) is 64.9 Å². The van der Waals surface area contributed by atoms with Gasteiger partial charge < -0.3 is 4.90 Å². The Morgan fingerprint density at radius 1 is 1.08 bits per heavy atom. The molecule has 5 heteroatoms. The van der Waals surface area contributed by atoms with E-state index >= 15 is 0 Å². The van der Waals surface area contributed by atoms with E-state index in [1.807, 2.05) is 0 Å². The fraction of sp³-hybridized carbons (Fsp3) is 0.316. The van der Waals surface area contributed by atoms with Gasteiger partial charge in [0.05, 0.1) is 0 Å². The molecule has 0 bridgehead atoms. The topological polar surface area (TPSA) is 20.3 Å². The molecule has 124 valence electrons. The summed E-state index contributed by atoms with van der Waals surface area (Å²) < 4.78 is 13.2. The summed E-state index contributed by atoms with van der Waals surface area (Å²) in [5.41, 5.74) is 1.28. The van der Waals surface area contributed by atoms with Crippen molar-refractivity contribution in [3.63, 3.8) is 0 Å². The molecule has 2 aromatic rings. The van der Waals surface area contributed by atoms with Crippen LogP contribution in [0, 0.1) is 11.9 Å². The van der Waals surface area contributed by atoms with E-state index in [0.717, 1.165) is 25.7 Å². The Bertz CT molecular complexity index is 669. The first-order chi connectivity index (χ1) is 11.1. The molecule has 24 heavy (non-hydrogen) atoms. The molecular formula is C19H18ClFNOTi-. The first kappa shape index (κ1) is 19.2. The van der Waals surface area contributed by atoms with Crippen LogP contribution >= 0.6 is 11.6 Å². The molecule has 1 aliphatic rings. The minimum absolute atomic E-state index is 0. The van der Waals surface area contributed by atoms with E-state index in [9.17, 15) is 9.18 Å². The number of carbonyl (C=O) groups excluding carboxylic acids is 1. The molecule has 0 heterocycles. The molecule has 0 unspecified atom stereocenters. The van der Waals surface area contributed by atoms with Crippen LogP contribution in [0.4, 0.5) is 10.1 Å². The average molecular weight is 379 g/mol. The SMILES string of the molecule is O=C(c1ccc(Cl)cc1)N(c1c[c-]c(F)cc1)C1CCCCC1.[Ti]. The summed E-state index contributed by atoms with van der Waals surface area (Å²) in [6.45, 7) is 0. The molecule has 1 saturated carbocycles. The number of hydrogen-bond acceptors (Lipinski definition) is 1. The van der Waals surface area contributed by atoms with Crippen molar-refractivity contribution in [3.8, 4) is 0 Å². The third-order valence-corrected chi connectivity index (χ3v) is 4.54. The molecule has 0 aliphatic heterocycles. The van der Waals surface area contributed by atoms with Crippen molar-refractivity contribution in [2.24, 2.45) is 0 Å². The van der Waals surface area contributed by atoms with E-state index in [0.29, 0.717) is 16.3 Å². The summed E-state index contributed by atoms with van der Waals surface area (Å²) >= 11 is 5.91. The smallest absolute Gasteiger partial charge is 0.247 e. The summed E-state index contributed by atoms with van der Waals surface area (Å²) in [6, 6.07) is 14.1. The normalized spacial score (nSPS) is 14.8. The fourth-order valence-electron chi connectivity index (χ4n) is 3.11. The molecule has 0 saturated heterocycles. The minimum Gasteiger partial charge on any atom is -0.359 e. The Kier molecular flexibility index (Phi) is 7.03. The average Bonchev–Trinajstić information content (AvgIpc) is 2.58. The third kappa shape index (κ3) is 4.47. The van der Waals surface area contributed by atoms with Crippen LogP contribution in [-0.2, 0) is 21.7 Å². The Balaban J connectivity index is 0.00000208. The van der Waals surface area contributed by atoms with Gasteiger partial charge in [0.25, 0.3) is 0 Å². The summed E-state index contributed by atoms with van der Waals surface area (Å²) in [7, 11) is 0. The van der Waals surface area contributed by atoms with Crippen LogP contribution in [-0.4, -0.2) is 11.9 Å². The molecule has 2 nitrogen and oxygen atoms in total. The third-order valence-electron chi connectivity index (χ3n) is 4.29. The van der Waals surface area contributed by atoms with Crippen LogP contribution in [0.25, 0.3) is 0 Å². The van der Waals surface area contributed by atoms with E-state index in [-0.39, 0.29) is 33.7 Å². The van der Waals surface area contributed by atoms with E-state index < -0.39 is 5.82 Å². The summed E-state index contributed by atoms with van der Waals surface area (Å²) in [6.07, 6.45) is 5.36. The summed E-state index contributed by atoms with van der Waals surface area (Å²) in [5.74, 6) is -0.495. The summed E-state index contributed by atoms with van der Waals surface area (Å²) in [5, 5.41) is 0.598. The van der Waals surface area contributed by atoms with Crippen molar-refractivity contribution >= 4 is 23.2 Å². The van der Waals surface area contributed by atoms with Gasteiger partial charge in [0, 0.05) is 44.2 Å². The molecule has 1 amide bonds. The second kappa shape index (κ2) is 8.80. The number of rotatable bonds is 3. The molecular weight excluding hydrogens is 361 g/mol. The maximum atomic E-state index is 13.2. The zero-order chi connectivity index (χ0) is 16.2. The first-order valence-corrected chi connectivity index (χ1v) is 8.29. The van der Waals surface area contributed by atoms with Gasteiger partial charge in [0.2, 0.25) is 5.91 Å². The van der Waals surface area contributed by atoms with E-state index in [2.05, 4.69) is 6.07 Å². The molecule has 1 fully saturated rings. The van der Waals surface area contributed by atoms with Gasteiger partial charge in [0.1, 0.15) is 0 Å². The Labute approximate surface area is 161 Å². The Hall–Kier alpha value is -1.16. The number of anilines is 1. The molecule has 1 aliphatic carbocycles. The van der Waals surface area contributed by atoms with Crippen LogP contribution in [0.5, 0.6) is 0 Å². The predicted molar refractivity (Wildman–Crippen MR) is 90.4 cm³/mol. The maximum absolute atomic E-state index is 13.2. The van der Waals surface area contributed by atoms with Crippen LogP contribution in [0.15, 0.2) is 42.5 Å². The molecule has 3 rings (SSSR count). The van der Waals surface area contributed by atoms with Gasteiger partial charge in [-0.05, 0) is 37.1 Å². The number of hydrogen-bond donors (Lipinski definition) is 0. The Morgan fingerprint density at radius 3 is 2.33 bits per heavy atom. The van der Waals surface area contributed by atoms with Gasteiger partial charge in [-0.15, -0.1) is 18.2 Å². The van der Waals surface area contributed by atoms with Crippen molar-refractivity contribution in [1.82, 2.24) is 0 Å². The first-order valence-electron chi connectivity index (χ1n) is 7.91. The van der Waals surface area contributed by atoms with Crippen molar-refractivity contribution < 1.29 is 30.9 Å². The molecule has 0 spiro atoms. The quantitative estimate of drug-likeness (QED) is 0.527. The largest absolute Gasteiger partial charge is 0.359 e. The Morgan fingerprint density at radius 2 is 1.75 bits per heavy atom. The van der Waals surface area contributed by atoms with E-state index in [4.69, 9.17) is 11.6 Å². The van der Waals surface area contributed by atoms with Crippen LogP contribution in [0.1, 0.15) is 42.5 Å². The van der Waals surface area contributed by atoms with Crippen LogP contribution in [0.2, 0.25) is 5.02 Å². The van der Waals surface area contributed by atoms with Gasteiger partial charge in [-0.25, -0.2) is 4.39 Å². The number of amides is 1. The zero-order valence-corrected chi connectivity index (χ0v) is 15.6. The molecule has 0 aromatic heterocycles. The van der Waals surface area contributed by atoms with Gasteiger partial charge in [-0.3, -0.25) is 4.79 Å². The van der Waals surface area contributed by atoms with Gasteiger partial charge in [-0.1, -0.05) is 36.6 Å². The van der Waals surface area contributed by atoms with Gasteiger partial charge in [0.15, 0.2) is 0 Å². The molecule has 2 aromatic carbocycles. The van der Waals surface area contributed by atoms with Crippen molar-refractivity contribution in [2.75, 3.05) is 4.90 Å². The van der Waals surface area contributed by atoms with Crippen LogP contribution in [0.3, 0.4) is 0 Å². The number of halogens is 2. The second-order valence-electron chi connectivity index (χ2n) is 5.87. The van der Waals surface area contributed by atoms with Gasteiger partial charge >= 0.3 is 0 Å². The van der Waals surface area contributed by atoms with Crippen molar-refractivity contribution in [1.29, 1.82) is 0 Å². The summed E-state index contributed by atoms with van der Waals surface area (Å²) in [4.78, 5) is 14.8. The number of nitrogens with zero attached hydrogens (tertiary/aromatic N) is 1. The number of carbonyl (C=O) groups is 1. The standard InChI is InChI=1S/C19H18ClFNO.Ti/c20-15-8-6-14(7-9-15)19(23)22(17-4-2-1-3-5-17)18-12-10-16(21)11-13-18;/h6-10,12-13,17H,1-5H2;/q-1;. The van der Waals surface area contributed by atoms with Crippen LogP contribution < -0.4 is 4.90 Å². The molecule has 0 radical (unpaired) electrons. The number of benzene rings is 2. The zero-order valence-electron chi connectivity index (χ0n) is 13.3. The van der Waals surface area contributed by atoms with Crippen molar-refractivity contribution in [2.45, 2.75) is 38.1 Å². The second-order valence-corrected chi connectivity index (χ2v) is 6.31. The maximum Gasteiger partial charge on any atom is 0.247 e. The monoisotopic (exact) mass is 378 g/mol. The predicted octanol–water partition coefficient (Wildman–Crippen LogP) is 5.26.